The molecule has 4 amide bonds. The van der Waals surface area contributed by atoms with Crippen molar-refractivity contribution >= 4 is 35.0 Å². The van der Waals surface area contributed by atoms with Crippen LogP contribution >= 0.6 is 0 Å². The molecule has 9 nitrogen and oxygen atoms in total. The summed E-state index contributed by atoms with van der Waals surface area (Å²) in [5.74, 6) is -1.62. The number of pyridine rings is 2. The van der Waals surface area contributed by atoms with E-state index in [1.165, 1.54) is 36.0 Å². The third-order valence-corrected chi connectivity index (χ3v) is 4.53. The van der Waals surface area contributed by atoms with Crippen LogP contribution in [0, 0.1) is 0 Å². The van der Waals surface area contributed by atoms with Gasteiger partial charge in [0.2, 0.25) is 5.91 Å². The zero-order chi connectivity index (χ0) is 22.3. The maximum atomic E-state index is 13.0. The van der Waals surface area contributed by atoms with Gasteiger partial charge in [-0.05, 0) is 24.3 Å². The van der Waals surface area contributed by atoms with E-state index in [1.807, 2.05) is 0 Å². The monoisotopic (exact) mass is 430 g/mol. The standard InChI is InChI=1S/C19H13F3N6O3/c1-23-16(30)10-5-7-27-13(8-10)26-15(11-4-2-3-6-24-11)17(27)28-14(29)9-12(19(20,21)22)25-18(28)31/h2-8H,9H2,1H3,(H,23,30). The molecule has 12 heteroatoms. The van der Waals surface area contributed by atoms with Crippen molar-refractivity contribution in [2.45, 2.75) is 12.6 Å². The number of carbonyl (C=O) groups is 3. The largest absolute Gasteiger partial charge is 0.430 e. The summed E-state index contributed by atoms with van der Waals surface area (Å²) in [5.41, 5.74) is -0.680. The number of aromatic nitrogens is 3. The summed E-state index contributed by atoms with van der Waals surface area (Å²) in [5, 5.41) is 2.46. The topological polar surface area (TPSA) is 109 Å². The summed E-state index contributed by atoms with van der Waals surface area (Å²) in [4.78, 5) is 49.2. The minimum Gasteiger partial charge on any atom is -0.355 e. The number of hydrogen-bond acceptors (Lipinski definition) is 5. The Morgan fingerprint density at radius 2 is 1.97 bits per heavy atom. The maximum Gasteiger partial charge on any atom is 0.430 e. The molecule has 4 rings (SSSR count). The Morgan fingerprint density at radius 3 is 2.58 bits per heavy atom. The van der Waals surface area contributed by atoms with Crippen LogP contribution in [-0.2, 0) is 4.79 Å². The van der Waals surface area contributed by atoms with Crippen molar-refractivity contribution in [2.75, 3.05) is 11.9 Å². The van der Waals surface area contributed by atoms with Crippen LogP contribution in [0.25, 0.3) is 17.0 Å². The van der Waals surface area contributed by atoms with Crippen molar-refractivity contribution in [3.63, 3.8) is 0 Å². The summed E-state index contributed by atoms with van der Waals surface area (Å²) in [7, 11) is 1.45. The van der Waals surface area contributed by atoms with E-state index < -0.39 is 36.2 Å². The Bertz CT molecular complexity index is 1250. The van der Waals surface area contributed by atoms with Gasteiger partial charge in [-0.15, -0.1) is 0 Å². The molecule has 1 N–H and O–H groups in total. The Kier molecular flexibility index (Phi) is 4.76. The lowest BCUT2D eigenvalue weighted by molar-refractivity contribution is -0.118. The van der Waals surface area contributed by atoms with Gasteiger partial charge in [0.1, 0.15) is 17.1 Å². The maximum absolute atomic E-state index is 13.0. The second-order valence-corrected chi connectivity index (χ2v) is 6.47. The Balaban J connectivity index is 1.94. The number of anilines is 1. The van der Waals surface area contributed by atoms with Gasteiger partial charge < -0.3 is 5.32 Å². The van der Waals surface area contributed by atoms with Crippen LogP contribution in [0.4, 0.5) is 23.8 Å². The Labute approximate surface area is 172 Å². The fourth-order valence-electron chi connectivity index (χ4n) is 3.11. The zero-order valence-electron chi connectivity index (χ0n) is 15.8. The fourth-order valence-corrected chi connectivity index (χ4v) is 3.11. The van der Waals surface area contributed by atoms with E-state index in [4.69, 9.17) is 0 Å². The zero-order valence-corrected chi connectivity index (χ0v) is 15.8. The first-order valence-electron chi connectivity index (χ1n) is 8.88. The molecule has 0 aliphatic carbocycles. The van der Waals surface area contributed by atoms with Crippen molar-refractivity contribution in [3.05, 3.63) is 48.3 Å². The number of alkyl halides is 3. The van der Waals surface area contributed by atoms with Crippen molar-refractivity contribution < 1.29 is 27.6 Å². The van der Waals surface area contributed by atoms with Gasteiger partial charge >= 0.3 is 12.2 Å². The number of imide groups is 1. The van der Waals surface area contributed by atoms with Gasteiger partial charge in [-0.1, -0.05) is 6.07 Å². The number of aliphatic imine (C=N–C) groups is 1. The highest BCUT2D eigenvalue weighted by molar-refractivity contribution is 6.27. The summed E-state index contributed by atoms with van der Waals surface area (Å²) >= 11 is 0. The van der Waals surface area contributed by atoms with Gasteiger partial charge in [-0.2, -0.15) is 18.2 Å². The van der Waals surface area contributed by atoms with E-state index in [2.05, 4.69) is 20.3 Å². The number of carbonyl (C=O) groups excluding carboxylic acids is 3. The average Bonchev–Trinajstić information content (AvgIpc) is 3.11. The third kappa shape index (κ3) is 3.52. The Hall–Kier alpha value is -4.09. The van der Waals surface area contributed by atoms with Crippen LogP contribution < -0.4 is 10.2 Å². The SMILES string of the molecule is CNC(=O)c1ccn2c(N3C(=O)CC(C(F)(F)F)=NC3=O)c(-c3ccccn3)nc2c1. The van der Waals surface area contributed by atoms with Crippen LogP contribution in [0.5, 0.6) is 0 Å². The molecule has 0 unspecified atom stereocenters. The predicted molar refractivity (Wildman–Crippen MR) is 103 cm³/mol. The minimum absolute atomic E-state index is 0.0713. The summed E-state index contributed by atoms with van der Waals surface area (Å²) < 4.78 is 40.3. The number of nitrogens with one attached hydrogen (secondary N) is 1. The lowest BCUT2D eigenvalue weighted by Crippen LogP contribution is -2.44. The molecule has 4 heterocycles. The van der Waals surface area contributed by atoms with Crippen molar-refractivity contribution in [3.8, 4) is 11.4 Å². The summed E-state index contributed by atoms with van der Waals surface area (Å²) in [6.07, 6.45) is -3.15. The molecule has 0 atom stereocenters. The van der Waals surface area contributed by atoms with Gasteiger partial charge in [0, 0.05) is 25.0 Å². The van der Waals surface area contributed by atoms with Crippen molar-refractivity contribution in [1.29, 1.82) is 0 Å². The molecule has 3 aromatic rings. The number of amides is 4. The minimum atomic E-state index is -4.90. The van der Waals surface area contributed by atoms with E-state index in [1.54, 1.807) is 18.2 Å². The number of halogens is 3. The molecule has 158 valence electrons. The normalized spacial score (nSPS) is 14.7. The van der Waals surface area contributed by atoms with E-state index >= 15 is 0 Å². The van der Waals surface area contributed by atoms with Crippen molar-refractivity contribution in [1.82, 2.24) is 19.7 Å². The molecular formula is C19H13F3N6O3. The second kappa shape index (κ2) is 7.31. The van der Waals surface area contributed by atoms with Crippen LogP contribution in [0.15, 0.2) is 47.7 Å². The van der Waals surface area contributed by atoms with E-state index in [-0.39, 0.29) is 28.4 Å². The molecule has 0 bridgehead atoms. The van der Waals surface area contributed by atoms with Crippen LogP contribution in [0.3, 0.4) is 0 Å². The van der Waals surface area contributed by atoms with Gasteiger partial charge in [0.25, 0.3) is 5.91 Å². The number of nitrogens with zero attached hydrogens (tertiary/aromatic N) is 5. The Morgan fingerprint density at radius 1 is 1.19 bits per heavy atom. The number of rotatable bonds is 3. The van der Waals surface area contributed by atoms with E-state index in [9.17, 15) is 27.6 Å². The van der Waals surface area contributed by atoms with E-state index in [0.717, 1.165) is 0 Å². The molecule has 0 fully saturated rings. The van der Waals surface area contributed by atoms with Crippen LogP contribution in [-0.4, -0.2) is 51.1 Å². The molecule has 0 spiro atoms. The highest BCUT2D eigenvalue weighted by Crippen LogP contribution is 2.34. The number of imidazole rings is 1. The molecule has 1 aliphatic heterocycles. The summed E-state index contributed by atoms with van der Waals surface area (Å²) in [6, 6.07) is 6.29. The molecular weight excluding hydrogens is 417 g/mol. The number of fused-ring (bicyclic) bond motifs is 1. The van der Waals surface area contributed by atoms with Crippen LogP contribution in [0.2, 0.25) is 0 Å². The van der Waals surface area contributed by atoms with Gasteiger partial charge in [0.15, 0.2) is 5.82 Å². The molecule has 0 aromatic carbocycles. The average molecular weight is 430 g/mol. The fraction of sp³-hybridized carbons (Fsp3) is 0.158. The second-order valence-electron chi connectivity index (χ2n) is 6.47. The molecule has 0 radical (unpaired) electrons. The first-order chi connectivity index (χ1) is 14.7. The molecule has 3 aromatic heterocycles. The lowest BCUT2D eigenvalue weighted by atomic mass is 10.2. The molecule has 0 saturated heterocycles. The predicted octanol–water partition coefficient (Wildman–Crippen LogP) is 2.62. The quantitative estimate of drug-likeness (QED) is 0.687. The van der Waals surface area contributed by atoms with Gasteiger partial charge in [-0.3, -0.25) is 19.0 Å². The number of urea groups is 1. The molecule has 1 aliphatic rings. The molecule has 0 saturated carbocycles. The third-order valence-electron chi connectivity index (χ3n) is 4.53. The van der Waals surface area contributed by atoms with Crippen LogP contribution in [0.1, 0.15) is 16.8 Å². The van der Waals surface area contributed by atoms with Crippen molar-refractivity contribution in [2.24, 2.45) is 4.99 Å². The smallest absolute Gasteiger partial charge is 0.355 e. The molecule has 31 heavy (non-hydrogen) atoms. The van der Waals surface area contributed by atoms with Gasteiger partial charge in [0.05, 0.1) is 12.1 Å². The highest BCUT2D eigenvalue weighted by Gasteiger charge is 2.44. The summed E-state index contributed by atoms with van der Waals surface area (Å²) in [6.45, 7) is 0. The highest BCUT2D eigenvalue weighted by atomic mass is 19.4. The van der Waals surface area contributed by atoms with Gasteiger partial charge in [-0.25, -0.2) is 14.7 Å². The number of hydrogen-bond donors (Lipinski definition) is 1. The first-order valence-corrected chi connectivity index (χ1v) is 8.88. The van der Waals surface area contributed by atoms with E-state index in [0.29, 0.717) is 4.90 Å². The first kappa shape index (κ1) is 20.2. The lowest BCUT2D eigenvalue weighted by Gasteiger charge is -2.24.